The van der Waals surface area contributed by atoms with Crippen LogP contribution in [0.4, 0.5) is 4.39 Å². The van der Waals surface area contributed by atoms with Crippen molar-refractivity contribution in [2.45, 2.75) is 32.0 Å². The number of hydrogen-bond acceptors (Lipinski definition) is 3. The number of benzene rings is 1. The normalized spacial score (nSPS) is 17.6. The van der Waals surface area contributed by atoms with Gasteiger partial charge >= 0.3 is 0 Å². The summed E-state index contributed by atoms with van der Waals surface area (Å²) in [5.41, 5.74) is 0.568. The number of amides is 1. The summed E-state index contributed by atoms with van der Waals surface area (Å²) in [6.45, 7) is 2.40. The highest BCUT2D eigenvalue weighted by molar-refractivity contribution is 5.80. The summed E-state index contributed by atoms with van der Waals surface area (Å²) >= 11 is 0. The van der Waals surface area contributed by atoms with Gasteiger partial charge in [0, 0.05) is 6.54 Å². The van der Waals surface area contributed by atoms with E-state index in [4.69, 9.17) is 4.74 Å². The lowest BCUT2D eigenvalue weighted by Gasteiger charge is -2.16. The first kappa shape index (κ1) is 14.9. The van der Waals surface area contributed by atoms with Gasteiger partial charge in [-0.3, -0.25) is 4.79 Å². The summed E-state index contributed by atoms with van der Waals surface area (Å²) in [7, 11) is 0. The van der Waals surface area contributed by atoms with Crippen LogP contribution in [0.1, 0.15) is 31.4 Å². The van der Waals surface area contributed by atoms with Gasteiger partial charge in [0.2, 0.25) is 5.91 Å². The van der Waals surface area contributed by atoms with Crippen molar-refractivity contribution in [2.24, 2.45) is 5.92 Å². The Morgan fingerprint density at radius 2 is 2.10 bits per heavy atom. The van der Waals surface area contributed by atoms with Gasteiger partial charge in [-0.2, -0.15) is 0 Å². The molecule has 0 saturated heterocycles. The second-order valence-electron chi connectivity index (χ2n) is 5.23. The lowest BCUT2D eigenvalue weighted by molar-refractivity contribution is -0.132. The third-order valence-electron chi connectivity index (χ3n) is 3.37. The Bertz CT molecular complexity index is 445. The van der Waals surface area contributed by atoms with Gasteiger partial charge in [0.25, 0.3) is 0 Å². The largest absolute Gasteiger partial charge is 0.387 e. The Morgan fingerprint density at radius 3 is 2.70 bits per heavy atom. The Morgan fingerprint density at radius 1 is 1.45 bits per heavy atom. The molecule has 20 heavy (non-hydrogen) atoms. The first-order valence-corrected chi connectivity index (χ1v) is 6.89. The molecule has 110 valence electrons. The molecular weight excluding hydrogens is 261 g/mol. The van der Waals surface area contributed by atoms with Gasteiger partial charge in [-0.25, -0.2) is 4.39 Å². The fourth-order valence-corrected chi connectivity index (χ4v) is 1.78. The predicted molar refractivity (Wildman–Crippen MR) is 72.5 cm³/mol. The van der Waals surface area contributed by atoms with Crippen molar-refractivity contribution in [3.8, 4) is 0 Å². The highest BCUT2D eigenvalue weighted by atomic mass is 19.1. The van der Waals surface area contributed by atoms with Crippen LogP contribution in [0.3, 0.4) is 0 Å². The maximum absolute atomic E-state index is 12.8. The highest BCUT2D eigenvalue weighted by Gasteiger charge is 2.24. The van der Waals surface area contributed by atoms with Gasteiger partial charge in [-0.05, 0) is 43.4 Å². The van der Waals surface area contributed by atoms with Crippen LogP contribution in [-0.4, -0.2) is 30.3 Å². The third kappa shape index (κ3) is 4.58. The van der Waals surface area contributed by atoms with Gasteiger partial charge in [0.05, 0.1) is 12.7 Å². The van der Waals surface area contributed by atoms with E-state index in [2.05, 4.69) is 5.32 Å². The van der Waals surface area contributed by atoms with E-state index in [0.717, 1.165) is 0 Å². The number of aliphatic hydroxyl groups is 1. The molecule has 0 radical (unpaired) electrons. The molecule has 1 aromatic rings. The molecule has 1 fully saturated rings. The van der Waals surface area contributed by atoms with Gasteiger partial charge in [0.1, 0.15) is 11.9 Å². The average Bonchev–Trinajstić information content (AvgIpc) is 3.26. The van der Waals surface area contributed by atoms with E-state index in [1.54, 1.807) is 6.92 Å². The van der Waals surface area contributed by atoms with Crippen molar-refractivity contribution < 1.29 is 19.0 Å². The van der Waals surface area contributed by atoms with Crippen LogP contribution in [-0.2, 0) is 9.53 Å². The Balaban J connectivity index is 1.72. The number of carbonyl (C=O) groups excluding carboxylic acids is 1. The van der Waals surface area contributed by atoms with E-state index >= 15 is 0 Å². The smallest absolute Gasteiger partial charge is 0.248 e. The zero-order valence-electron chi connectivity index (χ0n) is 11.5. The summed E-state index contributed by atoms with van der Waals surface area (Å²) in [6, 6.07) is 5.56. The van der Waals surface area contributed by atoms with Crippen molar-refractivity contribution >= 4 is 5.91 Å². The van der Waals surface area contributed by atoms with Crippen LogP contribution in [0.5, 0.6) is 0 Å². The predicted octanol–water partition coefficient (Wildman–Crippen LogP) is 1.79. The standard InChI is InChI=1S/C15H20FNO3/c1-10(20-9-11-2-3-11)15(19)17-8-14(18)12-4-6-13(16)7-5-12/h4-7,10-11,14,18H,2-3,8-9H2,1H3,(H,17,19). The van der Waals surface area contributed by atoms with E-state index in [0.29, 0.717) is 18.1 Å². The van der Waals surface area contributed by atoms with Crippen molar-refractivity contribution in [2.75, 3.05) is 13.2 Å². The molecule has 2 unspecified atom stereocenters. The number of aliphatic hydroxyl groups excluding tert-OH is 1. The quantitative estimate of drug-likeness (QED) is 0.801. The van der Waals surface area contributed by atoms with Crippen LogP contribution in [0, 0.1) is 11.7 Å². The minimum Gasteiger partial charge on any atom is -0.387 e. The molecule has 0 heterocycles. The monoisotopic (exact) mass is 281 g/mol. The molecule has 0 spiro atoms. The number of halogens is 1. The van der Waals surface area contributed by atoms with Crippen LogP contribution in [0.25, 0.3) is 0 Å². The number of nitrogens with one attached hydrogen (secondary N) is 1. The van der Waals surface area contributed by atoms with E-state index in [-0.39, 0.29) is 18.3 Å². The summed E-state index contributed by atoms with van der Waals surface area (Å²) in [5.74, 6) is 0.00829. The maximum atomic E-state index is 12.8. The minimum absolute atomic E-state index is 0.0849. The summed E-state index contributed by atoms with van der Waals surface area (Å²) < 4.78 is 18.2. The number of hydrogen-bond donors (Lipinski definition) is 2. The van der Waals surface area contributed by atoms with E-state index < -0.39 is 12.2 Å². The van der Waals surface area contributed by atoms with Crippen molar-refractivity contribution in [1.29, 1.82) is 0 Å². The number of rotatable bonds is 7. The first-order valence-electron chi connectivity index (χ1n) is 6.89. The molecule has 0 aromatic heterocycles. The summed E-state index contributed by atoms with van der Waals surface area (Å²) in [4.78, 5) is 11.8. The molecular formula is C15H20FNO3. The molecule has 2 atom stereocenters. The third-order valence-corrected chi connectivity index (χ3v) is 3.37. The first-order chi connectivity index (χ1) is 9.56. The van der Waals surface area contributed by atoms with Crippen LogP contribution < -0.4 is 5.32 Å². The Kier molecular flexibility index (Phi) is 5.09. The number of ether oxygens (including phenoxy) is 1. The fourth-order valence-electron chi connectivity index (χ4n) is 1.78. The van der Waals surface area contributed by atoms with E-state index in [1.165, 1.54) is 37.1 Å². The summed E-state index contributed by atoms with van der Waals surface area (Å²) in [6.07, 6.45) is 0.987. The maximum Gasteiger partial charge on any atom is 0.248 e. The van der Waals surface area contributed by atoms with Gasteiger partial charge in [0.15, 0.2) is 0 Å². The zero-order chi connectivity index (χ0) is 14.5. The molecule has 1 amide bonds. The Hall–Kier alpha value is -1.46. The molecule has 1 saturated carbocycles. The molecule has 1 aliphatic carbocycles. The molecule has 4 nitrogen and oxygen atoms in total. The molecule has 1 aliphatic rings. The minimum atomic E-state index is -0.852. The lowest BCUT2D eigenvalue weighted by atomic mass is 10.1. The van der Waals surface area contributed by atoms with Crippen LogP contribution in [0.15, 0.2) is 24.3 Å². The Labute approximate surface area is 117 Å². The van der Waals surface area contributed by atoms with Crippen molar-refractivity contribution in [1.82, 2.24) is 5.32 Å². The van der Waals surface area contributed by atoms with E-state index in [1.807, 2.05) is 0 Å². The van der Waals surface area contributed by atoms with E-state index in [9.17, 15) is 14.3 Å². The second kappa shape index (κ2) is 6.81. The topological polar surface area (TPSA) is 58.6 Å². The molecule has 1 aromatic carbocycles. The summed E-state index contributed by atoms with van der Waals surface area (Å²) in [5, 5.41) is 12.5. The average molecular weight is 281 g/mol. The fraction of sp³-hybridized carbons (Fsp3) is 0.533. The van der Waals surface area contributed by atoms with Crippen LogP contribution in [0.2, 0.25) is 0 Å². The second-order valence-corrected chi connectivity index (χ2v) is 5.23. The SMILES string of the molecule is CC(OCC1CC1)C(=O)NCC(O)c1ccc(F)cc1. The van der Waals surface area contributed by atoms with Gasteiger partial charge < -0.3 is 15.2 Å². The van der Waals surface area contributed by atoms with Crippen LogP contribution >= 0.6 is 0 Å². The number of carbonyl (C=O) groups is 1. The lowest BCUT2D eigenvalue weighted by Crippen LogP contribution is -2.37. The van der Waals surface area contributed by atoms with Crippen molar-refractivity contribution in [3.63, 3.8) is 0 Å². The molecule has 2 rings (SSSR count). The van der Waals surface area contributed by atoms with Crippen molar-refractivity contribution in [3.05, 3.63) is 35.6 Å². The van der Waals surface area contributed by atoms with Gasteiger partial charge in [-0.1, -0.05) is 12.1 Å². The highest BCUT2D eigenvalue weighted by Crippen LogP contribution is 2.29. The molecule has 5 heteroatoms. The molecule has 0 bridgehead atoms. The zero-order valence-corrected chi connectivity index (χ0v) is 11.5. The molecule has 2 N–H and O–H groups in total. The molecule has 0 aliphatic heterocycles. The van der Waals surface area contributed by atoms with Gasteiger partial charge in [-0.15, -0.1) is 0 Å².